The summed E-state index contributed by atoms with van der Waals surface area (Å²) >= 11 is 0. The fourth-order valence-electron chi connectivity index (χ4n) is 2.27. The monoisotopic (exact) mass is 251 g/mol. The number of anilines is 1. The van der Waals surface area contributed by atoms with Crippen LogP contribution in [0.15, 0.2) is 12.3 Å². The topological polar surface area (TPSA) is 60.2 Å². The highest BCUT2D eigenvalue weighted by molar-refractivity contribution is 5.43. The third-order valence-corrected chi connectivity index (χ3v) is 3.10. The fraction of sp³-hybridized carbons (Fsp3) is 0.643. The van der Waals surface area contributed by atoms with E-state index in [-0.39, 0.29) is 12.1 Å². The molecule has 3 N–H and O–H groups in total. The van der Waals surface area contributed by atoms with Gasteiger partial charge in [0.1, 0.15) is 5.82 Å². The zero-order valence-corrected chi connectivity index (χ0v) is 12.0. The second kappa shape index (κ2) is 6.71. The van der Waals surface area contributed by atoms with E-state index in [0.717, 1.165) is 17.7 Å². The van der Waals surface area contributed by atoms with Gasteiger partial charge in [-0.25, -0.2) is 4.98 Å². The number of nitrogens with two attached hydrogens (primary N) is 1. The van der Waals surface area contributed by atoms with Crippen LogP contribution in [0.3, 0.4) is 0 Å². The van der Waals surface area contributed by atoms with Crippen LogP contribution < -0.4 is 11.1 Å². The van der Waals surface area contributed by atoms with Gasteiger partial charge in [0.2, 0.25) is 0 Å². The molecular weight excluding hydrogens is 226 g/mol. The summed E-state index contributed by atoms with van der Waals surface area (Å²) in [5, 5.41) is 3.45. The van der Waals surface area contributed by atoms with Crippen LogP contribution in [-0.4, -0.2) is 24.7 Å². The molecule has 0 saturated heterocycles. The molecule has 0 spiro atoms. The van der Waals surface area contributed by atoms with E-state index in [1.54, 1.807) is 13.3 Å². The van der Waals surface area contributed by atoms with Crippen LogP contribution in [0.1, 0.15) is 37.9 Å². The molecule has 0 saturated carbocycles. The van der Waals surface area contributed by atoms with Gasteiger partial charge in [-0.05, 0) is 31.0 Å². The van der Waals surface area contributed by atoms with Gasteiger partial charge in [-0.2, -0.15) is 0 Å². The first kappa shape index (κ1) is 14.9. The molecule has 0 aromatic carbocycles. The highest BCUT2D eigenvalue weighted by Crippen LogP contribution is 2.28. The molecule has 4 heteroatoms. The molecule has 2 unspecified atom stereocenters. The van der Waals surface area contributed by atoms with Crippen molar-refractivity contribution in [2.75, 3.05) is 19.4 Å². The second-order valence-electron chi connectivity index (χ2n) is 4.97. The molecule has 0 aliphatic heterocycles. The Balaban J connectivity index is 3.13. The lowest BCUT2D eigenvalue weighted by molar-refractivity contribution is 0.0332. The summed E-state index contributed by atoms with van der Waals surface area (Å²) in [5.74, 6) is 0.980. The first-order valence-electron chi connectivity index (χ1n) is 6.49. The second-order valence-corrected chi connectivity index (χ2v) is 4.97. The molecule has 0 fully saturated rings. The van der Waals surface area contributed by atoms with Gasteiger partial charge < -0.3 is 15.8 Å². The van der Waals surface area contributed by atoms with Crippen molar-refractivity contribution < 1.29 is 4.74 Å². The fourth-order valence-corrected chi connectivity index (χ4v) is 2.27. The molecule has 0 aliphatic carbocycles. The molecular formula is C14H25N3O. The molecule has 0 aliphatic rings. The minimum atomic E-state index is 0.0763. The maximum atomic E-state index is 6.01. The van der Waals surface area contributed by atoms with Crippen molar-refractivity contribution in [2.24, 2.45) is 5.92 Å². The molecule has 0 bridgehead atoms. The van der Waals surface area contributed by atoms with Crippen molar-refractivity contribution >= 4 is 5.82 Å². The summed E-state index contributed by atoms with van der Waals surface area (Å²) in [7, 11) is 1.74. The van der Waals surface area contributed by atoms with Crippen molar-refractivity contribution in [1.82, 2.24) is 10.3 Å². The van der Waals surface area contributed by atoms with Gasteiger partial charge >= 0.3 is 0 Å². The summed E-state index contributed by atoms with van der Waals surface area (Å²) < 4.78 is 5.63. The van der Waals surface area contributed by atoms with Crippen LogP contribution in [-0.2, 0) is 4.74 Å². The van der Waals surface area contributed by atoms with E-state index in [1.807, 2.05) is 6.92 Å². The maximum absolute atomic E-state index is 6.01. The summed E-state index contributed by atoms with van der Waals surface area (Å²) in [4.78, 5) is 4.24. The van der Waals surface area contributed by atoms with Gasteiger partial charge in [0.15, 0.2) is 0 Å². The Hall–Kier alpha value is -1.13. The predicted molar refractivity (Wildman–Crippen MR) is 75.4 cm³/mol. The Morgan fingerprint density at radius 1 is 1.44 bits per heavy atom. The van der Waals surface area contributed by atoms with Gasteiger partial charge in [-0.1, -0.05) is 20.8 Å². The van der Waals surface area contributed by atoms with E-state index in [9.17, 15) is 0 Å². The molecule has 1 aromatic rings. The molecule has 1 aromatic heterocycles. The average molecular weight is 251 g/mol. The van der Waals surface area contributed by atoms with Crippen molar-refractivity contribution in [3.05, 3.63) is 23.4 Å². The summed E-state index contributed by atoms with van der Waals surface area (Å²) in [6.07, 6.45) is 1.87. The van der Waals surface area contributed by atoms with Gasteiger partial charge in [0.25, 0.3) is 0 Å². The maximum Gasteiger partial charge on any atom is 0.128 e. The van der Waals surface area contributed by atoms with Gasteiger partial charge in [-0.3, -0.25) is 0 Å². The number of aryl methyl sites for hydroxylation is 1. The Morgan fingerprint density at radius 3 is 2.61 bits per heavy atom. The third kappa shape index (κ3) is 3.43. The number of hydrogen-bond donors (Lipinski definition) is 2. The molecule has 18 heavy (non-hydrogen) atoms. The zero-order chi connectivity index (χ0) is 13.7. The third-order valence-electron chi connectivity index (χ3n) is 3.10. The SMILES string of the molecule is CCNC(c1cc(C)cnc1N)C(OC)C(C)C. The van der Waals surface area contributed by atoms with E-state index in [1.165, 1.54) is 0 Å². The van der Waals surface area contributed by atoms with Crippen molar-refractivity contribution in [1.29, 1.82) is 0 Å². The lowest BCUT2D eigenvalue weighted by atomic mass is 9.93. The van der Waals surface area contributed by atoms with Crippen LogP contribution in [0.25, 0.3) is 0 Å². The molecule has 1 rings (SSSR count). The van der Waals surface area contributed by atoms with Gasteiger partial charge in [0, 0.05) is 18.9 Å². The molecule has 1 heterocycles. The molecule has 0 amide bonds. The highest BCUT2D eigenvalue weighted by Gasteiger charge is 2.27. The Labute approximate surface area is 110 Å². The minimum absolute atomic E-state index is 0.0763. The van der Waals surface area contributed by atoms with E-state index < -0.39 is 0 Å². The molecule has 2 atom stereocenters. The number of methoxy groups -OCH3 is 1. The van der Waals surface area contributed by atoms with Crippen molar-refractivity contribution in [2.45, 2.75) is 39.8 Å². The minimum Gasteiger partial charge on any atom is -0.383 e. The van der Waals surface area contributed by atoms with Crippen LogP contribution in [0.4, 0.5) is 5.82 Å². The van der Waals surface area contributed by atoms with Crippen molar-refractivity contribution in [3.63, 3.8) is 0 Å². The quantitative estimate of drug-likeness (QED) is 0.814. The van der Waals surface area contributed by atoms with E-state index in [2.05, 4.69) is 37.1 Å². The highest BCUT2D eigenvalue weighted by atomic mass is 16.5. The standard InChI is InChI=1S/C14H25N3O/c1-6-16-12(13(18-5)9(2)3)11-7-10(4)8-17-14(11)15/h7-9,12-13,16H,6H2,1-5H3,(H2,15,17). The predicted octanol–water partition coefficient (Wildman–Crippen LogP) is 2.29. The normalized spacial score (nSPS) is 14.8. The Morgan fingerprint density at radius 2 is 2.11 bits per heavy atom. The van der Waals surface area contributed by atoms with E-state index in [4.69, 9.17) is 10.5 Å². The number of aromatic nitrogens is 1. The van der Waals surface area contributed by atoms with Gasteiger partial charge in [0.05, 0.1) is 12.1 Å². The average Bonchev–Trinajstić information content (AvgIpc) is 2.32. The largest absolute Gasteiger partial charge is 0.383 e. The number of nitrogen functional groups attached to an aromatic ring is 1. The van der Waals surface area contributed by atoms with Crippen LogP contribution in [0.2, 0.25) is 0 Å². The Bertz CT molecular complexity index is 379. The van der Waals surface area contributed by atoms with E-state index >= 15 is 0 Å². The van der Waals surface area contributed by atoms with E-state index in [0.29, 0.717) is 11.7 Å². The number of pyridine rings is 1. The number of nitrogens with zero attached hydrogens (tertiary/aromatic N) is 1. The number of nitrogens with one attached hydrogen (secondary N) is 1. The summed E-state index contributed by atoms with van der Waals surface area (Å²) in [6, 6.07) is 2.16. The van der Waals surface area contributed by atoms with Crippen LogP contribution in [0.5, 0.6) is 0 Å². The smallest absolute Gasteiger partial charge is 0.128 e. The lowest BCUT2D eigenvalue weighted by Crippen LogP contribution is -2.37. The lowest BCUT2D eigenvalue weighted by Gasteiger charge is -2.30. The number of likely N-dealkylation sites (N-methyl/N-ethyl adjacent to an activating group) is 1. The first-order valence-corrected chi connectivity index (χ1v) is 6.49. The van der Waals surface area contributed by atoms with Crippen molar-refractivity contribution in [3.8, 4) is 0 Å². The van der Waals surface area contributed by atoms with Crippen LogP contribution in [0, 0.1) is 12.8 Å². The number of ether oxygens (including phenoxy) is 1. The van der Waals surface area contributed by atoms with Crippen LogP contribution >= 0.6 is 0 Å². The molecule has 102 valence electrons. The molecule has 4 nitrogen and oxygen atoms in total. The Kier molecular flexibility index (Phi) is 5.56. The summed E-state index contributed by atoms with van der Waals surface area (Å²) in [5.41, 5.74) is 8.14. The number of hydrogen-bond acceptors (Lipinski definition) is 4. The first-order chi connectivity index (χ1) is 8.51. The molecule has 0 radical (unpaired) electrons. The summed E-state index contributed by atoms with van der Waals surface area (Å²) in [6.45, 7) is 9.27. The number of rotatable bonds is 6. The van der Waals surface area contributed by atoms with Gasteiger partial charge in [-0.15, -0.1) is 0 Å². The zero-order valence-electron chi connectivity index (χ0n) is 12.0.